The van der Waals surface area contributed by atoms with Crippen molar-refractivity contribution in [3.05, 3.63) is 47.8 Å². The number of aromatic nitrogens is 2. The minimum absolute atomic E-state index is 0.0450. The second kappa shape index (κ2) is 10.3. The lowest BCUT2D eigenvalue weighted by atomic mass is 9.75. The second-order valence-electron chi connectivity index (χ2n) is 7.50. The van der Waals surface area contributed by atoms with Crippen molar-refractivity contribution < 1.29 is 23.0 Å². The highest BCUT2D eigenvalue weighted by atomic mass is 19.3. The number of rotatable bonds is 8. The van der Waals surface area contributed by atoms with Gasteiger partial charge in [-0.15, -0.1) is 0 Å². The van der Waals surface area contributed by atoms with Crippen LogP contribution in [0.4, 0.5) is 8.78 Å². The van der Waals surface area contributed by atoms with Crippen molar-refractivity contribution >= 4 is 5.91 Å². The summed E-state index contributed by atoms with van der Waals surface area (Å²) in [4.78, 5) is 20.5. The summed E-state index contributed by atoms with van der Waals surface area (Å²) in [6.45, 7) is -0.807. The number of hydrogen-bond acceptors (Lipinski definition) is 5. The molecule has 1 aliphatic carbocycles. The van der Waals surface area contributed by atoms with Gasteiger partial charge in [-0.2, -0.15) is 8.78 Å². The summed E-state index contributed by atoms with van der Waals surface area (Å²) in [7, 11) is 1.53. The molecule has 0 radical (unpaired) electrons. The smallest absolute Gasteiger partial charge is 0.388 e. The molecule has 30 heavy (non-hydrogen) atoms. The van der Waals surface area contributed by atoms with Crippen molar-refractivity contribution in [2.24, 2.45) is 5.92 Å². The first-order valence-electron chi connectivity index (χ1n) is 10.2. The van der Waals surface area contributed by atoms with Crippen LogP contribution in [0, 0.1) is 5.92 Å². The van der Waals surface area contributed by atoms with Gasteiger partial charge in [-0.3, -0.25) is 4.79 Å². The van der Waals surface area contributed by atoms with Crippen LogP contribution in [0.15, 0.2) is 36.7 Å². The standard InChI is InChI=1S/C22H27F2N3O3/c1-3-18(27-21(28)17-8-9-19(29-2)26-13-17)15-6-4-14(5-7-15)16-10-11-25-20(12-16)30-22(23)24/h8-15,18,22H,3-7H2,1-2H3,(H,27,28)/t14-,15-,18-/m1/s1. The molecule has 1 aliphatic rings. The molecule has 0 bridgehead atoms. The Kier molecular flexibility index (Phi) is 7.54. The maximum Gasteiger partial charge on any atom is 0.388 e. The van der Waals surface area contributed by atoms with E-state index in [0.29, 0.717) is 17.4 Å². The molecule has 1 amide bonds. The fourth-order valence-corrected chi connectivity index (χ4v) is 4.13. The summed E-state index contributed by atoms with van der Waals surface area (Å²) in [6.07, 6.45) is 7.64. The molecule has 1 N–H and O–H groups in total. The lowest BCUT2D eigenvalue weighted by molar-refractivity contribution is -0.0529. The lowest BCUT2D eigenvalue weighted by Gasteiger charge is -2.34. The average molecular weight is 419 g/mol. The van der Waals surface area contributed by atoms with Gasteiger partial charge < -0.3 is 14.8 Å². The number of nitrogens with zero attached hydrogens (tertiary/aromatic N) is 2. The predicted octanol–water partition coefficient (Wildman–Crippen LogP) is 4.57. The second-order valence-corrected chi connectivity index (χ2v) is 7.50. The zero-order chi connectivity index (χ0) is 21.5. The molecule has 3 rings (SSSR count). The van der Waals surface area contributed by atoms with E-state index < -0.39 is 6.61 Å². The fraction of sp³-hybridized carbons (Fsp3) is 0.500. The first-order valence-corrected chi connectivity index (χ1v) is 10.2. The van der Waals surface area contributed by atoms with E-state index in [0.717, 1.165) is 37.7 Å². The van der Waals surface area contributed by atoms with E-state index in [1.807, 2.05) is 6.07 Å². The SMILES string of the molecule is CC[C@@H](NC(=O)c1ccc(OC)nc1)[C@H]1CC[C@H](c2ccnc(OC(F)F)c2)CC1. The Balaban J connectivity index is 1.56. The van der Waals surface area contributed by atoms with Crippen LogP contribution in [-0.4, -0.2) is 35.6 Å². The van der Waals surface area contributed by atoms with Crippen molar-refractivity contribution in [3.63, 3.8) is 0 Å². The summed E-state index contributed by atoms with van der Waals surface area (Å²) >= 11 is 0. The van der Waals surface area contributed by atoms with Gasteiger partial charge in [-0.1, -0.05) is 6.92 Å². The highest BCUT2D eigenvalue weighted by Gasteiger charge is 2.29. The number of amides is 1. The quantitative estimate of drug-likeness (QED) is 0.679. The number of halogens is 2. The number of hydrogen-bond donors (Lipinski definition) is 1. The predicted molar refractivity (Wildman–Crippen MR) is 108 cm³/mol. The zero-order valence-corrected chi connectivity index (χ0v) is 17.2. The zero-order valence-electron chi connectivity index (χ0n) is 17.2. The van der Waals surface area contributed by atoms with Crippen LogP contribution in [0.3, 0.4) is 0 Å². The molecule has 1 atom stereocenters. The number of pyridine rings is 2. The molecule has 0 aromatic carbocycles. The molecular weight excluding hydrogens is 392 g/mol. The summed E-state index contributed by atoms with van der Waals surface area (Å²) in [5.41, 5.74) is 1.48. The number of carbonyl (C=O) groups is 1. The average Bonchev–Trinajstić information content (AvgIpc) is 2.77. The van der Waals surface area contributed by atoms with E-state index in [-0.39, 0.29) is 23.7 Å². The Morgan fingerprint density at radius 1 is 1.17 bits per heavy atom. The van der Waals surface area contributed by atoms with Crippen molar-refractivity contribution in [2.75, 3.05) is 7.11 Å². The third-order valence-electron chi connectivity index (χ3n) is 5.75. The molecule has 1 fully saturated rings. The van der Waals surface area contributed by atoms with Gasteiger partial charge in [0.05, 0.1) is 12.7 Å². The molecule has 0 spiro atoms. The molecule has 8 heteroatoms. The van der Waals surface area contributed by atoms with Gasteiger partial charge in [0.2, 0.25) is 11.8 Å². The van der Waals surface area contributed by atoms with E-state index in [2.05, 4.69) is 26.9 Å². The third-order valence-corrected chi connectivity index (χ3v) is 5.75. The summed E-state index contributed by atoms with van der Waals surface area (Å²) in [6, 6.07) is 6.91. The van der Waals surface area contributed by atoms with Crippen molar-refractivity contribution in [3.8, 4) is 11.8 Å². The number of alkyl halides is 2. The summed E-state index contributed by atoms with van der Waals surface area (Å²) in [5, 5.41) is 3.14. The maximum atomic E-state index is 12.6. The Hall–Kier alpha value is -2.77. The van der Waals surface area contributed by atoms with Gasteiger partial charge in [-0.25, -0.2) is 9.97 Å². The largest absolute Gasteiger partial charge is 0.481 e. The molecule has 2 aromatic heterocycles. The maximum absolute atomic E-state index is 12.6. The van der Waals surface area contributed by atoms with E-state index in [4.69, 9.17) is 4.74 Å². The van der Waals surface area contributed by atoms with Crippen LogP contribution < -0.4 is 14.8 Å². The lowest BCUT2D eigenvalue weighted by Crippen LogP contribution is -2.41. The van der Waals surface area contributed by atoms with Crippen LogP contribution in [0.1, 0.15) is 60.9 Å². The molecule has 0 saturated heterocycles. The summed E-state index contributed by atoms with van der Waals surface area (Å²) in [5.74, 6) is 0.942. The highest BCUT2D eigenvalue weighted by Crippen LogP contribution is 2.38. The molecule has 2 heterocycles. The number of ether oxygens (including phenoxy) is 2. The molecular formula is C22H27F2N3O3. The Labute approximate surface area is 175 Å². The van der Waals surface area contributed by atoms with E-state index in [9.17, 15) is 13.6 Å². The van der Waals surface area contributed by atoms with Gasteiger partial charge in [0.25, 0.3) is 5.91 Å². The van der Waals surface area contributed by atoms with Gasteiger partial charge in [0.15, 0.2) is 0 Å². The van der Waals surface area contributed by atoms with E-state index in [1.165, 1.54) is 19.5 Å². The molecule has 162 valence electrons. The minimum Gasteiger partial charge on any atom is -0.481 e. The number of nitrogens with one attached hydrogen (secondary N) is 1. The van der Waals surface area contributed by atoms with E-state index in [1.54, 1.807) is 18.2 Å². The first kappa shape index (κ1) is 21.9. The molecule has 2 aromatic rings. The molecule has 0 aliphatic heterocycles. The number of carbonyl (C=O) groups excluding carboxylic acids is 1. The summed E-state index contributed by atoms with van der Waals surface area (Å²) < 4.78 is 34.3. The van der Waals surface area contributed by atoms with Gasteiger partial charge >= 0.3 is 6.61 Å². The molecule has 0 unspecified atom stereocenters. The van der Waals surface area contributed by atoms with Crippen LogP contribution in [-0.2, 0) is 0 Å². The minimum atomic E-state index is -2.88. The van der Waals surface area contributed by atoms with Crippen LogP contribution in [0.2, 0.25) is 0 Å². The van der Waals surface area contributed by atoms with Crippen LogP contribution in [0.25, 0.3) is 0 Å². The normalized spacial score (nSPS) is 19.9. The Morgan fingerprint density at radius 3 is 2.53 bits per heavy atom. The van der Waals surface area contributed by atoms with Crippen molar-refractivity contribution in [1.82, 2.24) is 15.3 Å². The molecule has 1 saturated carbocycles. The van der Waals surface area contributed by atoms with Crippen molar-refractivity contribution in [1.29, 1.82) is 0 Å². The van der Waals surface area contributed by atoms with Gasteiger partial charge in [0, 0.05) is 30.6 Å². The van der Waals surface area contributed by atoms with Crippen molar-refractivity contribution in [2.45, 2.75) is 57.6 Å². The number of methoxy groups -OCH3 is 1. The van der Waals surface area contributed by atoms with E-state index >= 15 is 0 Å². The third kappa shape index (κ3) is 5.64. The monoisotopic (exact) mass is 419 g/mol. The van der Waals surface area contributed by atoms with Crippen LogP contribution in [0.5, 0.6) is 11.8 Å². The first-order chi connectivity index (χ1) is 14.5. The topological polar surface area (TPSA) is 73.3 Å². The highest BCUT2D eigenvalue weighted by molar-refractivity contribution is 5.94. The Morgan fingerprint density at radius 2 is 1.93 bits per heavy atom. The molecule has 6 nitrogen and oxygen atoms in total. The van der Waals surface area contributed by atoms with Gasteiger partial charge in [-0.05, 0) is 61.6 Å². The van der Waals surface area contributed by atoms with Gasteiger partial charge in [0.1, 0.15) is 0 Å². The van der Waals surface area contributed by atoms with Crippen LogP contribution >= 0.6 is 0 Å². The Bertz CT molecular complexity index is 825. The fourth-order valence-electron chi connectivity index (χ4n) is 4.13.